The van der Waals surface area contributed by atoms with Crippen LogP contribution >= 0.6 is 0 Å². The molecule has 1 saturated heterocycles. The van der Waals surface area contributed by atoms with Crippen LogP contribution in [0.4, 0.5) is 5.95 Å². The van der Waals surface area contributed by atoms with E-state index in [1.165, 1.54) is 6.33 Å². The SMILES string of the molecule is O=c1[nH]c(CN2CCN(c3ncccn3)CC2)nc2nc[nH]c12. The van der Waals surface area contributed by atoms with E-state index in [9.17, 15) is 4.79 Å². The second kappa shape index (κ2) is 5.76. The number of nitrogens with one attached hydrogen (secondary N) is 2. The summed E-state index contributed by atoms with van der Waals surface area (Å²) < 4.78 is 0. The number of rotatable bonds is 3. The van der Waals surface area contributed by atoms with E-state index in [-0.39, 0.29) is 5.56 Å². The van der Waals surface area contributed by atoms with Crippen molar-refractivity contribution in [1.82, 2.24) is 34.8 Å². The van der Waals surface area contributed by atoms with Gasteiger partial charge in [-0.15, -0.1) is 0 Å². The lowest BCUT2D eigenvalue weighted by atomic mass is 10.3. The molecule has 1 aliphatic heterocycles. The molecule has 4 rings (SSSR count). The Morgan fingerprint density at radius 1 is 1.09 bits per heavy atom. The van der Waals surface area contributed by atoms with E-state index < -0.39 is 0 Å². The molecule has 0 atom stereocenters. The first-order valence-electron chi connectivity index (χ1n) is 7.46. The lowest BCUT2D eigenvalue weighted by molar-refractivity contribution is 0.243. The van der Waals surface area contributed by atoms with E-state index in [0.29, 0.717) is 23.5 Å². The van der Waals surface area contributed by atoms with Gasteiger partial charge in [0.15, 0.2) is 11.2 Å². The molecule has 3 aromatic rings. The monoisotopic (exact) mass is 312 g/mol. The summed E-state index contributed by atoms with van der Waals surface area (Å²) in [4.78, 5) is 38.9. The molecule has 23 heavy (non-hydrogen) atoms. The Morgan fingerprint density at radius 3 is 2.65 bits per heavy atom. The van der Waals surface area contributed by atoms with Gasteiger partial charge in [-0.05, 0) is 6.07 Å². The van der Waals surface area contributed by atoms with Crippen LogP contribution in [0.2, 0.25) is 0 Å². The molecule has 1 aliphatic rings. The molecule has 0 bridgehead atoms. The van der Waals surface area contributed by atoms with Gasteiger partial charge in [-0.3, -0.25) is 9.69 Å². The Bertz CT molecular complexity index is 850. The molecule has 0 aliphatic carbocycles. The van der Waals surface area contributed by atoms with E-state index in [1.807, 2.05) is 6.07 Å². The summed E-state index contributed by atoms with van der Waals surface area (Å²) in [5.41, 5.74) is 0.693. The molecule has 1 fully saturated rings. The second-order valence-corrected chi connectivity index (χ2v) is 5.43. The van der Waals surface area contributed by atoms with Crippen LogP contribution < -0.4 is 10.5 Å². The number of imidazole rings is 1. The number of piperazine rings is 1. The largest absolute Gasteiger partial charge is 0.339 e. The Labute approximate surface area is 131 Å². The van der Waals surface area contributed by atoms with Crippen molar-refractivity contribution in [3.8, 4) is 0 Å². The molecule has 118 valence electrons. The van der Waals surface area contributed by atoms with Gasteiger partial charge in [0.1, 0.15) is 5.82 Å². The van der Waals surface area contributed by atoms with Crippen LogP contribution in [-0.4, -0.2) is 61.0 Å². The van der Waals surface area contributed by atoms with Crippen molar-refractivity contribution < 1.29 is 0 Å². The first-order chi connectivity index (χ1) is 11.3. The number of nitrogens with zero attached hydrogens (tertiary/aromatic N) is 6. The Hall–Kier alpha value is -2.81. The van der Waals surface area contributed by atoms with Gasteiger partial charge >= 0.3 is 0 Å². The molecule has 3 aromatic heterocycles. The molecule has 0 amide bonds. The zero-order chi connectivity index (χ0) is 15.6. The van der Waals surface area contributed by atoms with Crippen molar-refractivity contribution in [2.75, 3.05) is 31.1 Å². The highest BCUT2D eigenvalue weighted by Crippen LogP contribution is 2.11. The van der Waals surface area contributed by atoms with Gasteiger partial charge in [-0.1, -0.05) is 0 Å². The van der Waals surface area contributed by atoms with Crippen LogP contribution in [0.1, 0.15) is 5.82 Å². The zero-order valence-electron chi connectivity index (χ0n) is 12.4. The Kier molecular flexibility index (Phi) is 3.46. The van der Waals surface area contributed by atoms with E-state index >= 15 is 0 Å². The highest BCUT2D eigenvalue weighted by Gasteiger charge is 2.19. The third-order valence-corrected chi connectivity index (χ3v) is 3.93. The van der Waals surface area contributed by atoms with E-state index in [4.69, 9.17) is 0 Å². The summed E-state index contributed by atoms with van der Waals surface area (Å²) in [7, 11) is 0. The van der Waals surface area contributed by atoms with E-state index in [0.717, 1.165) is 32.1 Å². The van der Waals surface area contributed by atoms with Crippen molar-refractivity contribution in [2.45, 2.75) is 6.54 Å². The molecular formula is C14H16N8O. The van der Waals surface area contributed by atoms with Crippen molar-refractivity contribution >= 4 is 17.1 Å². The molecular weight excluding hydrogens is 296 g/mol. The van der Waals surface area contributed by atoms with E-state index in [2.05, 4.69) is 39.7 Å². The third-order valence-electron chi connectivity index (χ3n) is 3.93. The lowest BCUT2D eigenvalue weighted by Crippen LogP contribution is -2.46. The minimum atomic E-state index is -0.182. The summed E-state index contributed by atoms with van der Waals surface area (Å²) in [6, 6.07) is 1.81. The molecule has 2 N–H and O–H groups in total. The quantitative estimate of drug-likeness (QED) is 0.687. The van der Waals surface area contributed by atoms with Crippen LogP contribution in [0, 0.1) is 0 Å². The maximum atomic E-state index is 11.9. The third kappa shape index (κ3) is 2.78. The normalized spacial score (nSPS) is 16.1. The van der Waals surface area contributed by atoms with Crippen molar-refractivity contribution in [3.63, 3.8) is 0 Å². The van der Waals surface area contributed by atoms with Crippen LogP contribution in [0.3, 0.4) is 0 Å². The molecule has 9 heteroatoms. The molecule has 9 nitrogen and oxygen atoms in total. The fourth-order valence-electron chi connectivity index (χ4n) is 2.74. The maximum absolute atomic E-state index is 11.9. The van der Waals surface area contributed by atoms with Gasteiger partial charge in [-0.2, -0.15) is 0 Å². The molecule has 0 aromatic carbocycles. The topological polar surface area (TPSA) is 107 Å². The summed E-state index contributed by atoms with van der Waals surface area (Å²) in [5.74, 6) is 1.40. The minimum absolute atomic E-state index is 0.182. The van der Waals surface area contributed by atoms with Crippen LogP contribution in [0.15, 0.2) is 29.6 Å². The van der Waals surface area contributed by atoms with Crippen LogP contribution in [0.25, 0.3) is 11.2 Å². The molecule has 0 radical (unpaired) electrons. The predicted octanol–water partition coefficient (Wildman–Crippen LogP) is -0.242. The summed E-state index contributed by atoms with van der Waals surface area (Å²) in [6.45, 7) is 4.01. The minimum Gasteiger partial charge on any atom is -0.339 e. The summed E-state index contributed by atoms with van der Waals surface area (Å²) in [6.07, 6.45) is 4.99. The highest BCUT2D eigenvalue weighted by molar-refractivity contribution is 5.67. The first-order valence-corrected chi connectivity index (χ1v) is 7.46. The second-order valence-electron chi connectivity index (χ2n) is 5.43. The Morgan fingerprint density at radius 2 is 1.87 bits per heavy atom. The fourth-order valence-corrected chi connectivity index (χ4v) is 2.74. The number of fused-ring (bicyclic) bond motifs is 1. The summed E-state index contributed by atoms with van der Waals surface area (Å²) in [5, 5.41) is 0. The molecule has 0 unspecified atom stereocenters. The van der Waals surface area contributed by atoms with Gasteiger partial charge in [0, 0.05) is 38.6 Å². The summed E-state index contributed by atoms with van der Waals surface area (Å²) >= 11 is 0. The van der Waals surface area contributed by atoms with Gasteiger partial charge < -0.3 is 14.9 Å². The standard InChI is InChI=1S/C14H16N8O/c23-13-11-12(18-9-17-11)19-10(20-13)8-21-4-6-22(7-5-21)14-15-2-1-3-16-14/h1-3,9H,4-8H2,(H2,17,18,19,20,23). The van der Waals surface area contributed by atoms with E-state index in [1.54, 1.807) is 12.4 Å². The van der Waals surface area contributed by atoms with Gasteiger partial charge in [0.2, 0.25) is 5.95 Å². The molecule has 0 saturated carbocycles. The smallest absolute Gasteiger partial charge is 0.277 e. The molecule has 4 heterocycles. The number of aromatic nitrogens is 6. The van der Waals surface area contributed by atoms with Gasteiger partial charge in [-0.25, -0.2) is 19.9 Å². The predicted molar refractivity (Wildman–Crippen MR) is 84.0 cm³/mol. The lowest BCUT2D eigenvalue weighted by Gasteiger charge is -2.34. The molecule has 0 spiro atoms. The first kappa shape index (κ1) is 13.8. The van der Waals surface area contributed by atoms with Crippen LogP contribution in [0.5, 0.6) is 0 Å². The number of hydrogen-bond acceptors (Lipinski definition) is 7. The van der Waals surface area contributed by atoms with Crippen LogP contribution in [-0.2, 0) is 6.54 Å². The van der Waals surface area contributed by atoms with Crippen molar-refractivity contribution in [1.29, 1.82) is 0 Å². The fraction of sp³-hybridized carbons (Fsp3) is 0.357. The van der Waals surface area contributed by atoms with Crippen molar-refractivity contribution in [3.05, 3.63) is 41.0 Å². The highest BCUT2D eigenvalue weighted by atomic mass is 16.1. The van der Waals surface area contributed by atoms with Gasteiger partial charge in [0.05, 0.1) is 12.9 Å². The number of anilines is 1. The zero-order valence-corrected chi connectivity index (χ0v) is 12.4. The number of aromatic amines is 2. The Balaban J connectivity index is 1.43. The maximum Gasteiger partial charge on any atom is 0.277 e. The van der Waals surface area contributed by atoms with Crippen molar-refractivity contribution in [2.24, 2.45) is 0 Å². The average molecular weight is 312 g/mol. The number of H-pyrrole nitrogens is 2. The average Bonchev–Trinajstić information content (AvgIpc) is 3.05. The number of hydrogen-bond donors (Lipinski definition) is 2. The van der Waals surface area contributed by atoms with Gasteiger partial charge in [0.25, 0.3) is 5.56 Å².